The maximum Gasteiger partial charge on any atom is 0.350 e. The maximum absolute atomic E-state index is 13.7. The van der Waals surface area contributed by atoms with Crippen LogP contribution in [0.1, 0.15) is 66.5 Å². The molecule has 0 saturated carbocycles. The van der Waals surface area contributed by atoms with Gasteiger partial charge in [0.05, 0.1) is 23.4 Å². The molecule has 186 valence electrons. The predicted molar refractivity (Wildman–Crippen MR) is 143 cm³/mol. The zero-order valence-electron chi connectivity index (χ0n) is 21.5. The van der Waals surface area contributed by atoms with Gasteiger partial charge in [0, 0.05) is 16.8 Å². The van der Waals surface area contributed by atoms with Gasteiger partial charge in [-0.1, -0.05) is 65.0 Å². The summed E-state index contributed by atoms with van der Waals surface area (Å²) in [6, 6.07) is 11.9. The molecule has 0 aliphatic carbocycles. The molecule has 0 unspecified atom stereocenters. The minimum Gasteiger partial charge on any atom is -0.507 e. The van der Waals surface area contributed by atoms with Crippen molar-refractivity contribution in [2.75, 3.05) is 24.4 Å². The summed E-state index contributed by atoms with van der Waals surface area (Å²) in [7, 11) is -3.44. The number of aromatic hydroxyl groups is 1. The Labute approximate surface area is 207 Å². The first-order valence-corrected chi connectivity index (χ1v) is 14.2. The summed E-state index contributed by atoms with van der Waals surface area (Å²) < 4.78 is 26.0. The molecule has 0 saturated heterocycles. The highest BCUT2D eigenvalue weighted by Crippen LogP contribution is 2.52. The number of nitrogens with zero attached hydrogens (tertiary/aromatic N) is 2. The number of phenols is 1. The van der Waals surface area contributed by atoms with Gasteiger partial charge >= 0.3 is 7.60 Å². The number of thiazole rings is 1. The van der Waals surface area contributed by atoms with Crippen LogP contribution in [0.25, 0.3) is 10.2 Å². The van der Waals surface area contributed by atoms with Gasteiger partial charge in [-0.3, -0.25) is 4.57 Å². The second-order valence-corrected chi connectivity index (χ2v) is 13.4. The Kier molecular flexibility index (Phi) is 7.83. The molecule has 0 amide bonds. The third kappa shape index (κ3) is 5.83. The summed E-state index contributed by atoms with van der Waals surface area (Å²) in [5.74, 6) is 0.297. The maximum atomic E-state index is 13.7. The monoisotopic (exact) mass is 504 g/mol. The zero-order chi connectivity index (χ0) is 25.3. The van der Waals surface area contributed by atoms with E-state index in [0.29, 0.717) is 10.9 Å². The Morgan fingerprint density at radius 2 is 1.50 bits per heavy atom. The van der Waals surface area contributed by atoms with Crippen LogP contribution in [0.5, 0.6) is 5.75 Å². The summed E-state index contributed by atoms with van der Waals surface area (Å²) in [4.78, 5) is 6.77. The second kappa shape index (κ2) is 9.98. The molecule has 1 N–H and O–H groups in total. The predicted octanol–water partition coefficient (Wildman–Crippen LogP) is 7.96. The van der Waals surface area contributed by atoms with Gasteiger partial charge in [-0.25, -0.2) is 4.98 Å². The fourth-order valence-electron chi connectivity index (χ4n) is 3.83. The van der Waals surface area contributed by atoms with E-state index in [-0.39, 0.29) is 30.3 Å². The minimum absolute atomic E-state index is 0.0203. The van der Waals surface area contributed by atoms with Crippen molar-refractivity contribution in [1.82, 2.24) is 4.98 Å². The molecule has 0 aliphatic rings. The standard InChI is InChI=1S/C26H37N2O4PS/c1-9-31-33(30,32-10-2)17-28(24-27-21-13-11-12-14-22(21)34-24)18-15-19(25(3,4)5)23(29)20(16-18)26(6,7)8/h11-16,29H,9-10,17H2,1-8H3. The minimum atomic E-state index is -3.44. The van der Waals surface area contributed by atoms with E-state index < -0.39 is 7.60 Å². The molecule has 0 bridgehead atoms. The van der Waals surface area contributed by atoms with Crippen LogP contribution < -0.4 is 4.90 Å². The molecule has 0 spiro atoms. The molecule has 6 nitrogen and oxygen atoms in total. The average Bonchev–Trinajstić information content (AvgIpc) is 3.15. The molecule has 3 aromatic rings. The Bertz CT molecular complexity index is 1120. The first-order chi connectivity index (χ1) is 15.8. The van der Waals surface area contributed by atoms with E-state index >= 15 is 0 Å². The normalized spacial score (nSPS) is 12.9. The summed E-state index contributed by atoms with van der Waals surface area (Å²) in [6.45, 7) is 16.6. The van der Waals surface area contributed by atoms with E-state index in [4.69, 9.17) is 14.0 Å². The third-order valence-corrected chi connectivity index (χ3v) is 8.49. The van der Waals surface area contributed by atoms with Gasteiger partial charge in [0.25, 0.3) is 0 Å². The molecule has 0 fully saturated rings. The first kappa shape index (κ1) is 26.7. The molecule has 3 rings (SSSR count). The average molecular weight is 505 g/mol. The number of aromatic nitrogens is 1. The van der Waals surface area contributed by atoms with Crippen LogP contribution in [0.3, 0.4) is 0 Å². The lowest BCUT2D eigenvalue weighted by atomic mass is 9.79. The zero-order valence-corrected chi connectivity index (χ0v) is 23.2. The molecular weight excluding hydrogens is 467 g/mol. The highest BCUT2D eigenvalue weighted by molar-refractivity contribution is 7.54. The van der Waals surface area contributed by atoms with E-state index in [0.717, 1.165) is 27.0 Å². The smallest absolute Gasteiger partial charge is 0.350 e. The largest absolute Gasteiger partial charge is 0.507 e. The molecule has 2 aromatic carbocycles. The van der Waals surface area contributed by atoms with Gasteiger partial charge in [0.1, 0.15) is 12.0 Å². The van der Waals surface area contributed by atoms with E-state index in [9.17, 15) is 9.67 Å². The SMILES string of the molecule is CCOP(=O)(CN(c1cc(C(C)(C)C)c(O)c(C(C)(C)C)c1)c1nc2ccccc2s1)OCC. The number of benzene rings is 2. The Balaban J connectivity index is 2.28. The molecular formula is C26H37N2O4PS. The first-order valence-electron chi connectivity index (χ1n) is 11.7. The third-order valence-electron chi connectivity index (χ3n) is 5.50. The molecule has 0 radical (unpaired) electrons. The van der Waals surface area contributed by atoms with Crippen molar-refractivity contribution in [2.45, 2.75) is 66.2 Å². The lowest BCUT2D eigenvalue weighted by molar-refractivity contribution is 0.220. The number of anilines is 2. The van der Waals surface area contributed by atoms with Crippen LogP contribution in [0.15, 0.2) is 36.4 Å². The van der Waals surface area contributed by atoms with Gasteiger partial charge < -0.3 is 19.1 Å². The summed E-state index contributed by atoms with van der Waals surface area (Å²) in [5.41, 5.74) is 2.71. The van der Waals surface area contributed by atoms with E-state index in [1.54, 1.807) is 0 Å². The lowest BCUT2D eigenvalue weighted by Gasteiger charge is -2.32. The van der Waals surface area contributed by atoms with Crippen molar-refractivity contribution < 1.29 is 18.7 Å². The van der Waals surface area contributed by atoms with Crippen molar-refractivity contribution in [3.05, 3.63) is 47.5 Å². The van der Waals surface area contributed by atoms with Crippen LogP contribution in [0.4, 0.5) is 10.8 Å². The van der Waals surface area contributed by atoms with Gasteiger partial charge in [-0.2, -0.15) is 0 Å². The van der Waals surface area contributed by atoms with Gasteiger partial charge in [0.2, 0.25) is 0 Å². The van der Waals surface area contributed by atoms with E-state index in [2.05, 4.69) is 41.5 Å². The molecule has 8 heteroatoms. The summed E-state index contributed by atoms with van der Waals surface area (Å²) >= 11 is 1.53. The summed E-state index contributed by atoms with van der Waals surface area (Å²) in [5, 5.41) is 11.9. The van der Waals surface area contributed by atoms with Crippen molar-refractivity contribution in [3.8, 4) is 5.75 Å². The number of para-hydroxylation sites is 1. The Morgan fingerprint density at radius 3 is 1.97 bits per heavy atom. The van der Waals surface area contributed by atoms with Crippen LogP contribution in [-0.2, 0) is 24.4 Å². The van der Waals surface area contributed by atoms with Crippen molar-refractivity contribution in [1.29, 1.82) is 0 Å². The fourth-order valence-corrected chi connectivity index (χ4v) is 6.58. The molecule has 34 heavy (non-hydrogen) atoms. The van der Waals surface area contributed by atoms with Crippen molar-refractivity contribution in [2.24, 2.45) is 0 Å². The number of hydrogen-bond acceptors (Lipinski definition) is 7. The van der Waals surface area contributed by atoms with Gasteiger partial charge in [0.15, 0.2) is 5.13 Å². The van der Waals surface area contributed by atoms with Crippen molar-refractivity contribution in [3.63, 3.8) is 0 Å². The lowest BCUT2D eigenvalue weighted by Crippen LogP contribution is -2.23. The molecule has 0 atom stereocenters. The van der Waals surface area contributed by atoms with E-state index in [1.807, 2.05) is 55.1 Å². The fraction of sp³-hybridized carbons (Fsp3) is 0.500. The molecule has 1 aromatic heterocycles. The van der Waals surface area contributed by atoms with E-state index in [1.165, 1.54) is 11.3 Å². The highest BCUT2D eigenvalue weighted by atomic mass is 32.1. The van der Waals surface area contributed by atoms with Crippen LogP contribution in [0.2, 0.25) is 0 Å². The topological polar surface area (TPSA) is 71.9 Å². The summed E-state index contributed by atoms with van der Waals surface area (Å²) in [6.07, 6.45) is 0.0203. The molecule has 1 heterocycles. The second-order valence-electron chi connectivity index (χ2n) is 10.4. The van der Waals surface area contributed by atoms with Crippen LogP contribution in [0, 0.1) is 0 Å². The van der Waals surface area contributed by atoms with Crippen LogP contribution in [-0.4, -0.2) is 29.6 Å². The highest BCUT2D eigenvalue weighted by Gasteiger charge is 2.33. The quantitative estimate of drug-likeness (QED) is 0.314. The van der Waals surface area contributed by atoms with Crippen molar-refractivity contribution >= 4 is 40.0 Å². The molecule has 0 aliphatic heterocycles. The Hall–Kier alpha value is -1.92. The van der Waals surface area contributed by atoms with Gasteiger partial charge in [-0.15, -0.1) is 0 Å². The van der Waals surface area contributed by atoms with Crippen LogP contribution >= 0.6 is 18.9 Å². The number of hydrogen-bond donors (Lipinski definition) is 1. The Morgan fingerprint density at radius 1 is 0.971 bits per heavy atom. The van der Waals surface area contributed by atoms with Gasteiger partial charge in [-0.05, 0) is 48.9 Å². The number of fused-ring (bicyclic) bond motifs is 1. The number of rotatable bonds is 8. The number of phenolic OH excluding ortho intramolecular Hbond substituents is 1.